The maximum Gasteiger partial charge on any atom is 0.263 e. The Labute approximate surface area is 146 Å². The minimum Gasteiger partial charge on any atom is -0.375 e. The fourth-order valence-corrected chi connectivity index (χ4v) is 3.51. The van der Waals surface area contributed by atoms with E-state index in [1.807, 2.05) is 35.2 Å². The van der Waals surface area contributed by atoms with Gasteiger partial charge in [-0.15, -0.1) is 23.1 Å². The third-order valence-electron chi connectivity index (χ3n) is 3.16. The van der Waals surface area contributed by atoms with Crippen LogP contribution in [0, 0.1) is 10.1 Å². The molecule has 9 heteroatoms. The summed E-state index contributed by atoms with van der Waals surface area (Å²) in [5, 5.41) is 15.5. The predicted molar refractivity (Wildman–Crippen MR) is 97.4 cm³/mol. The lowest BCUT2D eigenvalue weighted by molar-refractivity contribution is -0.403. The second-order valence-electron chi connectivity index (χ2n) is 4.88. The van der Waals surface area contributed by atoms with Crippen molar-refractivity contribution in [3.05, 3.63) is 56.5 Å². The van der Waals surface area contributed by atoms with Crippen LogP contribution in [0.25, 0.3) is 22.6 Å². The summed E-state index contributed by atoms with van der Waals surface area (Å²) < 4.78 is 0. The molecule has 0 saturated carbocycles. The maximum atomic E-state index is 9.94. The summed E-state index contributed by atoms with van der Waals surface area (Å²) in [6, 6.07) is 7.97. The van der Waals surface area contributed by atoms with Gasteiger partial charge in [0.15, 0.2) is 5.82 Å². The van der Waals surface area contributed by atoms with Gasteiger partial charge in [-0.1, -0.05) is 12.1 Å². The van der Waals surface area contributed by atoms with Gasteiger partial charge < -0.3 is 10.3 Å². The van der Waals surface area contributed by atoms with E-state index in [9.17, 15) is 10.1 Å². The van der Waals surface area contributed by atoms with Crippen molar-refractivity contribution >= 4 is 34.1 Å². The third-order valence-corrected chi connectivity index (χ3v) is 4.80. The van der Waals surface area contributed by atoms with E-state index in [0.29, 0.717) is 5.03 Å². The van der Waals surface area contributed by atoms with E-state index in [-0.39, 0.29) is 0 Å². The van der Waals surface area contributed by atoms with Gasteiger partial charge in [-0.2, -0.15) is 0 Å². The third kappa shape index (κ3) is 4.33. The molecule has 0 atom stereocenters. The quantitative estimate of drug-likeness (QED) is 0.536. The van der Waals surface area contributed by atoms with Crippen LogP contribution in [0.15, 0.2) is 46.4 Å². The summed E-state index contributed by atoms with van der Waals surface area (Å²) in [6.45, 7) is 0.854. The highest BCUT2D eigenvalue weighted by atomic mass is 32.2. The predicted octanol–water partition coefficient (Wildman–Crippen LogP) is 3.47. The van der Waals surface area contributed by atoms with E-state index in [2.05, 4.69) is 20.3 Å². The smallest absolute Gasteiger partial charge is 0.263 e. The lowest BCUT2D eigenvalue weighted by atomic mass is 10.3. The Hall–Kier alpha value is -2.39. The zero-order valence-corrected chi connectivity index (χ0v) is 14.3. The van der Waals surface area contributed by atoms with Gasteiger partial charge in [-0.3, -0.25) is 10.1 Å². The highest BCUT2D eigenvalue weighted by molar-refractivity contribution is 8.03. The van der Waals surface area contributed by atoms with Crippen LogP contribution in [-0.4, -0.2) is 32.2 Å². The number of hydrogen-bond donors (Lipinski definition) is 2. The molecule has 7 nitrogen and oxygen atoms in total. The lowest BCUT2D eigenvalue weighted by Crippen LogP contribution is -2.19. The summed E-state index contributed by atoms with van der Waals surface area (Å²) in [5.41, 5.74) is 4.75. The Kier molecular flexibility index (Phi) is 5.44. The topological polar surface area (TPSA) is 96.7 Å². The largest absolute Gasteiger partial charge is 0.375 e. The second-order valence-corrected chi connectivity index (χ2v) is 6.74. The van der Waals surface area contributed by atoms with Gasteiger partial charge in [0.25, 0.3) is 6.20 Å². The van der Waals surface area contributed by atoms with Crippen molar-refractivity contribution in [1.29, 1.82) is 0 Å². The van der Waals surface area contributed by atoms with Crippen LogP contribution in [0.2, 0.25) is 0 Å². The number of aromatic nitrogens is 3. The van der Waals surface area contributed by atoms with E-state index in [1.54, 1.807) is 11.3 Å². The van der Waals surface area contributed by atoms with Crippen molar-refractivity contribution in [3.8, 4) is 11.5 Å². The number of fused-ring (bicyclic) bond motifs is 1. The number of thioether (sulfide) groups is 1. The molecule has 0 spiro atoms. The molecule has 1 aromatic carbocycles. The van der Waals surface area contributed by atoms with E-state index in [4.69, 9.17) is 0 Å². The maximum absolute atomic E-state index is 9.94. The van der Waals surface area contributed by atoms with Gasteiger partial charge >= 0.3 is 0 Å². The minimum atomic E-state index is -0.430. The normalized spacial score (nSPS) is 15.6. The van der Waals surface area contributed by atoms with E-state index in [1.165, 1.54) is 11.8 Å². The fourth-order valence-electron chi connectivity index (χ4n) is 2.10. The molecular formula is C15H15N5O2S2. The molecule has 0 unspecified atom stereocenters. The standard InChI is InChI=1S/C10H7N3S.C5H8N2O2S/c1-2-4-8-7(3-1)12-10(13-8)9-5-14-6-11-9;8-7(9)4-5-6-2-1-3-10-5/h1-6H,(H,12,13);4,6H,1-3H2/b;5-4-. The van der Waals surface area contributed by atoms with Crippen molar-refractivity contribution in [1.82, 2.24) is 20.3 Å². The zero-order valence-electron chi connectivity index (χ0n) is 12.6. The number of aromatic amines is 1. The molecule has 2 N–H and O–H groups in total. The summed E-state index contributed by atoms with van der Waals surface area (Å²) >= 11 is 3.07. The number of hydrogen-bond acceptors (Lipinski definition) is 7. The van der Waals surface area contributed by atoms with Crippen LogP contribution in [0.3, 0.4) is 0 Å². The molecule has 4 rings (SSSR count). The monoisotopic (exact) mass is 361 g/mol. The SMILES string of the molecule is O=[N+]([O-])/C=C1/NCCCS1.c1ccc2[nH]c(-c3cscn3)nc2c1. The Bertz CT molecular complexity index is 804. The number of H-pyrrole nitrogens is 1. The number of thiazole rings is 1. The van der Waals surface area contributed by atoms with Gasteiger partial charge in [-0.25, -0.2) is 9.97 Å². The van der Waals surface area contributed by atoms with Gasteiger partial charge in [0.05, 0.1) is 21.5 Å². The molecule has 1 saturated heterocycles. The molecule has 2 aromatic heterocycles. The first kappa shape index (κ1) is 16.5. The van der Waals surface area contributed by atoms with Crippen molar-refractivity contribution in [2.24, 2.45) is 0 Å². The van der Waals surface area contributed by atoms with Gasteiger partial charge in [0.2, 0.25) is 0 Å². The number of nitro groups is 1. The van der Waals surface area contributed by atoms with Crippen LogP contribution in [-0.2, 0) is 0 Å². The van der Waals surface area contributed by atoms with Crippen molar-refractivity contribution in [2.45, 2.75) is 6.42 Å². The van der Waals surface area contributed by atoms with Crippen LogP contribution in [0.5, 0.6) is 0 Å². The Morgan fingerprint density at radius 3 is 2.88 bits per heavy atom. The van der Waals surface area contributed by atoms with Crippen LogP contribution in [0.1, 0.15) is 6.42 Å². The summed E-state index contributed by atoms with van der Waals surface area (Å²) in [6.07, 6.45) is 2.10. The molecule has 1 fully saturated rings. The van der Waals surface area contributed by atoms with Gasteiger partial charge in [0.1, 0.15) is 10.7 Å². The molecule has 0 bridgehead atoms. The first-order chi connectivity index (χ1) is 11.7. The summed E-state index contributed by atoms with van der Waals surface area (Å²) in [5.74, 6) is 1.82. The minimum absolute atomic E-state index is 0.430. The highest BCUT2D eigenvalue weighted by Gasteiger charge is 2.07. The number of rotatable bonds is 2. The lowest BCUT2D eigenvalue weighted by Gasteiger charge is -2.12. The molecule has 1 aliphatic rings. The Morgan fingerprint density at radius 1 is 1.33 bits per heavy atom. The average molecular weight is 361 g/mol. The molecule has 0 aliphatic carbocycles. The van der Waals surface area contributed by atoms with Crippen LogP contribution >= 0.6 is 23.1 Å². The fraction of sp³-hybridized carbons (Fsp3) is 0.200. The first-order valence-electron chi connectivity index (χ1n) is 7.27. The molecule has 24 heavy (non-hydrogen) atoms. The molecule has 3 heterocycles. The number of nitrogens with one attached hydrogen (secondary N) is 2. The molecule has 0 amide bonds. The molecule has 124 valence electrons. The van der Waals surface area contributed by atoms with E-state index < -0.39 is 4.92 Å². The highest BCUT2D eigenvalue weighted by Crippen LogP contribution is 2.19. The van der Waals surface area contributed by atoms with E-state index >= 15 is 0 Å². The molecule has 0 radical (unpaired) electrons. The first-order valence-corrected chi connectivity index (χ1v) is 9.20. The van der Waals surface area contributed by atoms with Gasteiger partial charge in [0, 0.05) is 17.7 Å². The number of imidazole rings is 1. The summed E-state index contributed by atoms with van der Waals surface area (Å²) in [4.78, 5) is 21.4. The number of benzene rings is 1. The Balaban J connectivity index is 0.000000150. The van der Waals surface area contributed by atoms with Gasteiger partial charge in [-0.05, 0) is 18.6 Å². The summed E-state index contributed by atoms with van der Waals surface area (Å²) in [7, 11) is 0. The van der Waals surface area contributed by atoms with Crippen molar-refractivity contribution in [3.63, 3.8) is 0 Å². The zero-order chi connectivity index (χ0) is 16.8. The second kappa shape index (κ2) is 7.93. The average Bonchev–Trinajstić information content (AvgIpc) is 3.25. The number of nitrogens with zero attached hydrogens (tertiary/aromatic N) is 3. The van der Waals surface area contributed by atoms with Crippen molar-refractivity contribution in [2.75, 3.05) is 12.3 Å². The number of para-hydroxylation sites is 2. The van der Waals surface area contributed by atoms with Crippen LogP contribution in [0.4, 0.5) is 0 Å². The Morgan fingerprint density at radius 2 is 2.21 bits per heavy atom. The molecular weight excluding hydrogens is 346 g/mol. The van der Waals surface area contributed by atoms with Crippen LogP contribution < -0.4 is 5.32 Å². The van der Waals surface area contributed by atoms with Crippen molar-refractivity contribution < 1.29 is 4.92 Å². The molecule has 3 aromatic rings. The molecule has 1 aliphatic heterocycles. The van der Waals surface area contributed by atoms with E-state index in [0.717, 1.165) is 47.5 Å².